The molecule has 0 aromatic carbocycles. The number of hydrogen-bond donors (Lipinski definition) is 1. The lowest BCUT2D eigenvalue weighted by atomic mass is 9.86. The fourth-order valence-electron chi connectivity index (χ4n) is 3.37. The summed E-state index contributed by atoms with van der Waals surface area (Å²) in [4.78, 5) is 12.1. The summed E-state index contributed by atoms with van der Waals surface area (Å²) in [5.74, 6) is 5.49. The first-order chi connectivity index (χ1) is 10.1. The van der Waals surface area contributed by atoms with Gasteiger partial charge in [0, 0.05) is 31.6 Å². The molecule has 2 fully saturated rings. The number of rotatable bonds is 4. The normalized spacial score (nSPS) is 20.1. The molecule has 21 heavy (non-hydrogen) atoms. The van der Waals surface area contributed by atoms with Gasteiger partial charge in [-0.05, 0) is 44.4 Å². The average Bonchev–Trinajstić information content (AvgIpc) is 3.32. The third-order valence-corrected chi connectivity index (χ3v) is 5.10. The molecule has 0 atom stereocenters. The van der Waals surface area contributed by atoms with E-state index in [1.54, 1.807) is 0 Å². The Morgan fingerprint density at radius 2 is 1.76 bits per heavy atom. The Morgan fingerprint density at radius 3 is 2.29 bits per heavy atom. The molecule has 1 aliphatic carbocycles. The van der Waals surface area contributed by atoms with Gasteiger partial charge in [0.15, 0.2) is 0 Å². The molecule has 116 valence electrons. The third-order valence-electron chi connectivity index (χ3n) is 5.10. The van der Waals surface area contributed by atoms with E-state index in [1.807, 2.05) is 7.05 Å². The first kappa shape index (κ1) is 14.6. The highest BCUT2D eigenvalue weighted by Gasteiger charge is 2.30. The van der Waals surface area contributed by atoms with Crippen molar-refractivity contribution in [2.75, 3.05) is 30.4 Å². The van der Waals surface area contributed by atoms with Crippen LogP contribution in [0.3, 0.4) is 0 Å². The largest absolute Gasteiger partial charge is 0.373 e. The molecular weight excluding hydrogens is 260 g/mol. The molecule has 1 saturated carbocycles. The smallest absolute Gasteiger partial charge is 0.137 e. The van der Waals surface area contributed by atoms with Gasteiger partial charge in [0.05, 0.1) is 0 Å². The standard InChI is InChI=1S/C17H28N4/c1-11(2)13-7-9-21(10-8-13)17-12(3)15(18-4)19-16(20-17)14-5-6-14/h11,13-14H,5-10H2,1-4H3,(H,18,19,20). The van der Waals surface area contributed by atoms with Crippen LogP contribution in [-0.2, 0) is 0 Å². The zero-order valence-electron chi connectivity index (χ0n) is 13.8. The van der Waals surface area contributed by atoms with Gasteiger partial charge in [-0.25, -0.2) is 9.97 Å². The lowest BCUT2D eigenvalue weighted by Gasteiger charge is -2.35. The molecule has 0 radical (unpaired) electrons. The minimum Gasteiger partial charge on any atom is -0.373 e. The van der Waals surface area contributed by atoms with Crippen LogP contribution in [0.4, 0.5) is 11.6 Å². The van der Waals surface area contributed by atoms with Crippen molar-refractivity contribution in [3.05, 3.63) is 11.4 Å². The topological polar surface area (TPSA) is 41.1 Å². The van der Waals surface area contributed by atoms with Crippen molar-refractivity contribution in [1.82, 2.24) is 9.97 Å². The second-order valence-electron chi connectivity index (χ2n) is 6.97. The summed E-state index contributed by atoms with van der Waals surface area (Å²) in [6.07, 6.45) is 5.08. The minimum absolute atomic E-state index is 0.602. The molecule has 0 bridgehead atoms. The van der Waals surface area contributed by atoms with Crippen molar-refractivity contribution in [3.8, 4) is 0 Å². The maximum Gasteiger partial charge on any atom is 0.137 e. The predicted molar refractivity (Wildman–Crippen MR) is 88.1 cm³/mol. The van der Waals surface area contributed by atoms with Crippen molar-refractivity contribution in [2.24, 2.45) is 11.8 Å². The fourth-order valence-corrected chi connectivity index (χ4v) is 3.37. The molecule has 0 spiro atoms. The van der Waals surface area contributed by atoms with E-state index in [0.29, 0.717) is 5.92 Å². The first-order valence-electron chi connectivity index (χ1n) is 8.41. The predicted octanol–water partition coefficient (Wildman–Crippen LogP) is 3.58. The van der Waals surface area contributed by atoms with Crippen LogP contribution in [0.1, 0.15) is 56.8 Å². The molecule has 0 unspecified atom stereocenters. The minimum atomic E-state index is 0.602. The third kappa shape index (κ3) is 2.99. The Balaban J connectivity index is 1.82. The van der Waals surface area contributed by atoms with E-state index in [9.17, 15) is 0 Å². The quantitative estimate of drug-likeness (QED) is 0.919. The van der Waals surface area contributed by atoms with Crippen LogP contribution in [0.2, 0.25) is 0 Å². The van der Waals surface area contributed by atoms with Crippen LogP contribution >= 0.6 is 0 Å². The van der Waals surface area contributed by atoms with E-state index < -0.39 is 0 Å². The maximum absolute atomic E-state index is 4.91. The highest BCUT2D eigenvalue weighted by Crippen LogP contribution is 2.40. The molecule has 4 heteroatoms. The van der Waals surface area contributed by atoms with Crippen LogP contribution in [0, 0.1) is 18.8 Å². The average molecular weight is 288 g/mol. The number of piperidine rings is 1. The molecule has 1 aromatic rings. The number of nitrogens with one attached hydrogen (secondary N) is 1. The van der Waals surface area contributed by atoms with Gasteiger partial charge in [-0.3, -0.25) is 0 Å². The van der Waals surface area contributed by atoms with Gasteiger partial charge in [-0.15, -0.1) is 0 Å². The zero-order chi connectivity index (χ0) is 15.0. The van der Waals surface area contributed by atoms with Crippen molar-refractivity contribution >= 4 is 11.6 Å². The van der Waals surface area contributed by atoms with Crippen LogP contribution in [0.25, 0.3) is 0 Å². The molecule has 1 aliphatic heterocycles. The first-order valence-corrected chi connectivity index (χ1v) is 8.41. The number of nitrogens with zero attached hydrogens (tertiary/aromatic N) is 3. The van der Waals surface area contributed by atoms with Gasteiger partial charge in [0.2, 0.25) is 0 Å². The fraction of sp³-hybridized carbons (Fsp3) is 0.765. The van der Waals surface area contributed by atoms with E-state index in [0.717, 1.165) is 36.6 Å². The summed E-state index contributed by atoms with van der Waals surface area (Å²) < 4.78 is 0. The second-order valence-corrected chi connectivity index (χ2v) is 6.97. The number of anilines is 2. The summed E-state index contributed by atoms with van der Waals surface area (Å²) in [6, 6.07) is 0. The molecular formula is C17H28N4. The van der Waals surface area contributed by atoms with Crippen molar-refractivity contribution in [1.29, 1.82) is 0 Å². The SMILES string of the molecule is CNc1nc(C2CC2)nc(N2CCC(C(C)C)CC2)c1C. The Morgan fingerprint density at radius 1 is 1.10 bits per heavy atom. The highest BCUT2D eigenvalue weighted by molar-refractivity contribution is 5.59. The van der Waals surface area contributed by atoms with E-state index in [2.05, 4.69) is 31.0 Å². The van der Waals surface area contributed by atoms with E-state index >= 15 is 0 Å². The van der Waals surface area contributed by atoms with Gasteiger partial charge >= 0.3 is 0 Å². The second kappa shape index (κ2) is 5.82. The number of hydrogen-bond acceptors (Lipinski definition) is 4. The van der Waals surface area contributed by atoms with E-state index in [1.165, 1.54) is 37.1 Å². The monoisotopic (exact) mass is 288 g/mol. The summed E-state index contributed by atoms with van der Waals surface area (Å²) in [6.45, 7) is 9.11. The molecule has 2 aliphatic rings. The van der Waals surface area contributed by atoms with Gasteiger partial charge in [-0.1, -0.05) is 13.8 Å². The Labute approximate surface area is 128 Å². The molecule has 3 rings (SSSR count). The van der Waals surface area contributed by atoms with E-state index in [-0.39, 0.29) is 0 Å². The Kier molecular flexibility index (Phi) is 4.05. The Hall–Kier alpha value is -1.32. The lowest BCUT2D eigenvalue weighted by molar-refractivity contribution is 0.310. The van der Waals surface area contributed by atoms with Gasteiger partial charge in [0.25, 0.3) is 0 Å². The maximum atomic E-state index is 4.91. The van der Waals surface area contributed by atoms with Crippen molar-refractivity contribution in [2.45, 2.75) is 52.4 Å². The van der Waals surface area contributed by atoms with Gasteiger partial charge < -0.3 is 10.2 Å². The van der Waals surface area contributed by atoms with Crippen LogP contribution in [0.15, 0.2) is 0 Å². The molecule has 1 saturated heterocycles. The van der Waals surface area contributed by atoms with Crippen molar-refractivity contribution in [3.63, 3.8) is 0 Å². The van der Waals surface area contributed by atoms with Crippen molar-refractivity contribution < 1.29 is 0 Å². The molecule has 2 heterocycles. The van der Waals surface area contributed by atoms with Gasteiger partial charge in [0.1, 0.15) is 17.5 Å². The van der Waals surface area contributed by atoms with Crippen LogP contribution in [0.5, 0.6) is 0 Å². The number of aromatic nitrogens is 2. The van der Waals surface area contributed by atoms with Crippen LogP contribution in [-0.4, -0.2) is 30.1 Å². The summed E-state index contributed by atoms with van der Waals surface area (Å²) in [7, 11) is 1.96. The highest BCUT2D eigenvalue weighted by atomic mass is 15.2. The molecule has 4 nitrogen and oxygen atoms in total. The van der Waals surface area contributed by atoms with E-state index in [4.69, 9.17) is 9.97 Å². The molecule has 0 amide bonds. The zero-order valence-corrected chi connectivity index (χ0v) is 13.8. The summed E-state index contributed by atoms with van der Waals surface area (Å²) in [5.41, 5.74) is 1.20. The van der Waals surface area contributed by atoms with Gasteiger partial charge in [-0.2, -0.15) is 0 Å². The Bertz CT molecular complexity index is 500. The molecule has 1 N–H and O–H groups in total. The summed E-state index contributed by atoms with van der Waals surface area (Å²) >= 11 is 0. The lowest BCUT2D eigenvalue weighted by Crippen LogP contribution is -2.36. The molecule has 1 aromatic heterocycles. The summed E-state index contributed by atoms with van der Waals surface area (Å²) in [5, 5.41) is 3.25. The van der Waals surface area contributed by atoms with Crippen LogP contribution < -0.4 is 10.2 Å².